The molecule has 2 aromatic heterocycles. The monoisotopic (exact) mass is 420 g/mol. The summed E-state index contributed by atoms with van der Waals surface area (Å²) in [5.74, 6) is 3.80. The molecular formula is C24H32N6O. The molecule has 7 nitrogen and oxygen atoms in total. The number of aromatic nitrogens is 4. The average Bonchev–Trinajstić information content (AvgIpc) is 3.58. The van der Waals surface area contributed by atoms with Gasteiger partial charge in [-0.05, 0) is 65.2 Å². The van der Waals surface area contributed by atoms with E-state index in [4.69, 9.17) is 9.97 Å². The second-order valence-corrected chi connectivity index (χ2v) is 9.47. The van der Waals surface area contributed by atoms with Gasteiger partial charge in [0.25, 0.3) is 5.91 Å². The Morgan fingerprint density at radius 3 is 2.65 bits per heavy atom. The van der Waals surface area contributed by atoms with Crippen LogP contribution in [0.3, 0.4) is 0 Å². The molecule has 2 aromatic rings. The lowest BCUT2D eigenvalue weighted by molar-refractivity contribution is 0.0702. The minimum atomic E-state index is 0.0206. The molecule has 164 valence electrons. The SMILES string of the molecule is Cc1ncc(C(=O)N2CCC[C@@H](c3nc(C)c4c(n3)N(CC3CC3)CCC4)C2)c(C)n1. The first-order valence-corrected chi connectivity index (χ1v) is 11.7. The van der Waals surface area contributed by atoms with E-state index < -0.39 is 0 Å². The summed E-state index contributed by atoms with van der Waals surface area (Å²) in [6.45, 7) is 9.51. The maximum Gasteiger partial charge on any atom is 0.257 e. The number of piperidine rings is 1. The Labute approximate surface area is 184 Å². The van der Waals surface area contributed by atoms with Gasteiger partial charge in [0.15, 0.2) is 0 Å². The highest BCUT2D eigenvalue weighted by Crippen LogP contribution is 2.36. The molecule has 1 saturated carbocycles. The summed E-state index contributed by atoms with van der Waals surface area (Å²) >= 11 is 0. The van der Waals surface area contributed by atoms with Gasteiger partial charge in [0.05, 0.1) is 11.3 Å². The van der Waals surface area contributed by atoms with Crippen molar-refractivity contribution in [3.05, 3.63) is 40.4 Å². The van der Waals surface area contributed by atoms with Crippen LogP contribution in [0.4, 0.5) is 5.82 Å². The third kappa shape index (κ3) is 4.14. The first-order valence-electron chi connectivity index (χ1n) is 11.7. The van der Waals surface area contributed by atoms with Crippen molar-refractivity contribution in [2.45, 2.75) is 65.2 Å². The summed E-state index contributed by atoms with van der Waals surface area (Å²) in [5.41, 5.74) is 3.79. The van der Waals surface area contributed by atoms with Crippen LogP contribution in [0.2, 0.25) is 0 Å². The van der Waals surface area contributed by atoms with Crippen LogP contribution in [-0.4, -0.2) is 56.9 Å². The van der Waals surface area contributed by atoms with E-state index in [-0.39, 0.29) is 11.8 Å². The number of aryl methyl sites for hydroxylation is 3. The topological polar surface area (TPSA) is 75.1 Å². The number of carbonyl (C=O) groups is 1. The molecule has 0 spiro atoms. The molecule has 1 aliphatic carbocycles. The fourth-order valence-electron chi connectivity index (χ4n) is 5.02. The average molecular weight is 421 g/mol. The highest BCUT2D eigenvalue weighted by atomic mass is 16.2. The summed E-state index contributed by atoms with van der Waals surface area (Å²) in [5, 5.41) is 0. The van der Waals surface area contributed by atoms with Crippen molar-refractivity contribution in [3.8, 4) is 0 Å². The highest BCUT2D eigenvalue weighted by molar-refractivity contribution is 5.95. The predicted molar refractivity (Wildman–Crippen MR) is 119 cm³/mol. The van der Waals surface area contributed by atoms with Crippen molar-refractivity contribution in [1.29, 1.82) is 0 Å². The normalized spacial score (nSPS) is 21.2. The summed E-state index contributed by atoms with van der Waals surface area (Å²) in [7, 11) is 0. The van der Waals surface area contributed by atoms with Gasteiger partial charge in [0.1, 0.15) is 17.5 Å². The van der Waals surface area contributed by atoms with Crippen LogP contribution in [0.15, 0.2) is 6.20 Å². The molecule has 0 aromatic carbocycles. The molecular weight excluding hydrogens is 388 g/mol. The van der Waals surface area contributed by atoms with E-state index in [1.165, 1.54) is 24.8 Å². The summed E-state index contributed by atoms with van der Waals surface area (Å²) < 4.78 is 0. The van der Waals surface area contributed by atoms with Gasteiger partial charge in [-0.15, -0.1) is 0 Å². The summed E-state index contributed by atoms with van der Waals surface area (Å²) in [6, 6.07) is 0. The van der Waals surface area contributed by atoms with Crippen LogP contribution in [0, 0.1) is 26.7 Å². The molecule has 0 radical (unpaired) electrons. The molecule has 1 amide bonds. The standard InChI is InChI=1S/C24H32N6O/c1-15-20-7-5-10-29(13-18-8-9-18)23(20)28-22(27-15)19-6-4-11-30(14-19)24(31)21-12-25-17(3)26-16(21)2/h12,18-19H,4-11,13-14H2,1-3H3/t19-/m1/s1. The van der Waals surface area contributed by atoms with Gasteiger partial charge in [-0.2, -0.15) is 0 Å². The van der Waals surface area contributed by atoms with Gasteiger partial charge in [0.2, 0.25) is 0 Å². The van der Waals surface area contributed by atoms with Crippen molar-refractivity contribution in [3.63, 3.8) is 0 Å². The number of hydrogen-bond donors (Lipinski definition) is 0. The van der Waals surface area contributed by atoms with E-state index in [0.717, 1.165) is 67.8 Å². The first kappa shape index (κ1) is 20.3. The zero-order valence-corrected chi connectivity index (χ0v) is 18.9. The zero-order chi connectivity index (χ0) is 21.5. The first-order chi connectivity index (χ1) is 15.0. The zero-order valence-electron chi connectivity index (χ0n) is 18.9. The van der Waals surface area contributed by atoms with Crippen LogP contribution in [0.5, 0.6) is 0 Å². The maximum atomic E-state index is 13.2. The molecule has 4 heterocycles. The minimum Gasteiger partial charge on any atom is -0.356 e. The Morgan fingerprint density at radius 2 is 1.87 bits per heavy atom. The second-order valence-electron chi connectivity index (χ2n) is 9.47. The van der Waals surface area contributed by atoms with Crippen molar-refractivity contribution in [2.75, 3.05) is 31.1 Å². The molecule has 2 aliphatic heterocycles. The molecule has 5 rings (SSSR count). The minimum absolute atomic E-state index is 0.0206. The number of hydrogen-bond acceptors (Lipinski definition) is 6. The van der Waals surface area contributed by atoms with Crippen molar-refractivity contribution in [2.24, 2.45) is 5.92 Å². The van der Waals surface area contributed by atoms with Gasteiger partial charge in [-0.3, -0.25) is 4.79 Å². The van der Waals surface area contributed by atoms with E-state index in [1.807, 2.05) is 18.7 Å². The highest BCUT2D eigenvalue weighted by Gasteiger charge is 2.32. The maximum absolute atomic E-state index is 13.2. The molecule has 1 atom stereocenters. The fraction of sp³-hybridized carbons (Fsp3) is 0.625. The van der Waals surface area contributed by atoms with E-state index in [1.54, 1.807) is 6.20 Å². The fourth-order valence-corrected chi connectivity index (χ4v) is 5.02. The van der Waals surface area contributed by atoms with Crippen molar-refractivity contribution >= 4 is 11.7 Å². The smallest absolute Gasteiger partial charge is 0.257 e. The van der Waals surface area contributed by atoms with Gasteiger partial charge < -0.3 is 9.80 Å². The third-order valence-corrected chi connectivity index (χ3v) is 6.94. The lowest BCUT2D eigenvalue weighted by Gasteiger charge is -2.34. The Kier molecular flexibility index (Phi) is 5.36. The van der Waals surface area contributed by atoms with E-state index in [0.29, 0.717) is 17.9 Å². The van der Waals surface area contributed by atoms with Gasteiger partial charge in [0, 0.05) is 49.6 Å². The van der Waals surface area contributed by atoms with E-state index in [2.05, 4.69) is 21.8 Å². The van der Waals surface area contributed by atoms with Crippen LogP contribution in [0.25, 0.3) is 0 Å². The van der Waals surface area contributed by atoms with Crippen molar-refractivity contribution in [1.82, 2.24) is 24.8 Å². The predicted octanol–water partition coefficient (Wildman–Crippen LogP) is 3.37. The number of amides is 1. The van der Waals surface area contributed by atoms with Gasteiger partial charge >= 0.3 is 0 Å². The number of fused-ring (bicyclic) bond motifs is 1. The second kappa shape index (κ2) is 8.17. The lowest BCUT2D eigenvalue weighted by atomic mass is 9.95. The lowest BCUT2D eigenvalue weighted by Crippen LogP contribution is -2.40. The molecule has 0 unspecified atom stereocenters. The Hall–Kier alpha value is -2.57. The van der Waals surface area contributed by atoms with E-state index >= 15 is 0 Å². The van der Waals surface area contributed by atoms with Crippen LogP contribution >= 0.6 is 0 Å². The van der Waals surface area contributed by atoms with E-state index in [9.17, 15) is 4.79 Å². The van der Waals surface area contributed by atoms with Crippen LogP contribution in [-0.2, 0) is 6.42 Å². The van der Waals surface area contributed by atoms with Crippen LogP contribution < -0.4 is 4.90 Å². The number of anilines is 1. The summed E-state index contributed by atoms with van der Waals surface area (Å²) in [4.78, 5) is 36.3. The molecule has 7 heteroatoms. The summed E-state index contributed by atoms with van der Waals surface area (Å²) in [6.07, 6.45) is 8.62. The quantitative estimate of drug-likeness (QED) is 0.755. The molecule has 3 aliphatic rings. The molecule has 2 fully saturated rings. The molecule has 0 N–H and O–H groups in total. The largest absolute Gasteiger partial charge is 0.356 e. The number of nitrogens with zero attached hydrogens (tertiary/aromatic N) is 6. The van der Waals surface area contributed by atoms with Crippen molar-refractivity contribution < 1.29 is 4.79 Å². The molecule has 1 saturated heterocycles. The molecule has 0 bridgehead atoms. The van der Waals surface area contributed by atoms with Gasteiger partial charge in [-0.1, -0.05) is 0 Å². The third-order valence-electron chi connectivity index (χ3n) is 6.94. The Balaban J connectivity index is 1.38. The number of carbonyl (C=O) groups excluding carboxylic acids is 1. The Morgan fingerprint density at radius 1 is 1.03 bits per heavy atom. The Bertz CT molecular complexity index is 1000. The van der Waals surface area contributed by atoms with Crippen LogP contribution in [0.1, 0.15) is 77.0 Å². The van der Waals surface area contributed by atoms with Gasteiger partial charge in [-0.25, -0.2) is 19.9 Å². The number of likely N-dealkylation sites (tertiary alicyclic amines) is 1. The molecule has 31 heavy (non-hydrogen) atoms. The number of rotatable bonds is 4.